The smallest absolute Gasteiger partial charge is 0.0702 e. The Morgan fingerprint density at radius 1 is 1.47 bits per heavy atom. The lowest BCUT2D eigenvalue weighted by Crippen LogP contribution is -2.31. The van der Waals surface area contributed by atoms with Crippen LogP contribution in [0.4, 0.5) is 5.69 Å². The van der Waals surface area contributed by atoms with Crippen molar-refractivity contribution in [3.05, 3.63) is 24.0 Å². The number of ether oxygens (including phenoxy) is 1. The summed E-state index contributed by atoms with van der Waals surface area (Å²) in [7, 11) is 0. The first-order valence-corrected chi connectivity index (χ1v) is 7.34. The topological polar surface area (TPSA) is 37.4 Å². The van der Waals surface area contributed by atoms with Crippen LogP contribution in [0.15, 0.2) is 18.3 Å². The number of pyridine rings is 1. The van der Waals surface area contributed by atoms with Crippen LogP contribution in [0.3, 0.4) is 0 Å². The molecule has 1 atom stereocenters. The van der Waals surface area contributed by atoms with Crippen molar-refractivity contribution in [3.8, 4) is 0 Å². The highest BCUT2D eigenvalue weighted by Gasteiger charge is 2.18. The summed E-state index contributed by atoms with van der Waals surface area (Å²) >= 11 is 0. The Kier molecular flexibility index (Phi) is 5.61. The number of anilines is 1. The molecular formula is C15H25N3O. The van der Waals surface area contributed by atoms with E-state index in [4.69, 9.17) is 4.74 Å². The minimum atomic E-state index is 0.414. The summed E-state index contributed by atoms with van der Waals surface area (Å²) in [4.78, 5) is 6.87. The number of hydrogen-bond donors (Lipinski definition) is 1. The molecule has 2 heterocycles. The SMILES string of the molecule is CCNc1ccnc(CN(CC)CC2CCCO2)c1. The van der Waals surface area contributed by atoms with Gasteiger partial charge in [0.05, 0.1) is 11.8 Å². The van der Waals surface area contributed by atoms with Gasteiger partial charge in [-0.3, -0.25) is 9.88 Å². The maximum atomic E-state index is 5.71. The van der Waals surface area contributed by atoms with Gasteiger partial charge in [-0.1, -0.05) is 6.92 Å². The van der Waals surface area contributed by atoms with Crippen molar-refractivity contribution in [2.24, 2.45) is 0 Å². The van der Waals surface area contributed by atoms with Gasteiger partial charge in [-0.15, -0.1) is 0 Å². The summed E-state index contributed by atoms with van der Waals surface area (Å²) in [5.74, 6) is 0. The summed E-state index contributed by atoms with van der Waals surface area (Å²) < 4.78 is 5.71. The van der Waals surface area contributed by atoms with Crippen molar-refractivity contribution in [1.82, 2.24) is 9.88 Å². The lowest BCUT2D eigenvalue weighted by Gasteiger charge is -2.23. The minimum Gasteiger partial charge on any atom is -0.385 e. The van der Waals surface area contributed by atoms with E-state index in [1.54, 1.807) is 0 Å². The first-order chi connectivity index (χ1) is 9.31. The van der Waals surface area contributed by atoms with Crippen molar-refractivity contribution < 1.29 is 4.74 Å². The van der Waals surface area contributed by atoms with Gasteiger partial charge in [0.1, 0.15) is 0 Å². The predicted molar refractivity (Wildman–Crippen MR) is 78.3 cm³/mol. The molecule has 4 nitrogen and oxygen atoms in total. The maximum absolute atomic E-state index is 5.71. The fraction of sp³-hybridized carbons (Fsp3) is 0.667. The van der Waals surface area contributed by atoms with Crippen molar-refractivity contribution >= 4 is 5.69 Å². The van der Waals surface area contributed by atoms with Gasteiger partial charge in [-0.25, -0.2) is 0 Å². The average molecular weight is 263 g/mol. The lowest BCUT2D eigenvalue weighted by atomic mass is 10.2. The molecule has 106 valence electrons. The highest BCUT2D eigenvalue weighted by atomic mass is 16.5. The maximum Gasteiger partial charge on any atom is 0.0702 e. The molecule has 0 spiro atoms. The van der Waals surface area contributed by atoms with E-state index in [0.717, 1.165) is 44.2 Å². The van der Waals surface area contributed by atoms with Crippen molar-refractivity contribution in [3.63, 3.8) is 0 Å². The van der Waals surface area contributed by atoms with Crippen molar-refractivity contribution in [2.75, 3.05) is 31.6 Å². The van der Waals surface area contributed by atoms with Crippen LogP contribution >= 0.6 is 0 Å². The molecule has 1 aromatic rings. The van der Waals surface area contributed by atoms with Crippen LogP contribution in [0.5, 0.6) is 0 Å². The second-order valence-corrected chi connectivity index (χ2v) is 5.03. The molecule has 0 aromatic carbocycles. The Balaban J connectivity index is 1.91. The number of likely N-dealkylation sites (N-methyl/N-ethyl adjacent to an activating group) is 1. The second-order valence-electron chi connectivity index (χ2n) is 5.03. The summed E-state index contributed by atoms with van der Waals surface area (Å²) in [6.45, 7) is 9.12. The van der Waals surface area contributed by atoms with E-state index in [2.05, 4.69) is 35.1 Å². The van der Waals surface area contributed by atoms with E-state index in [1.165, 1.54) is 12.8 Å². The van der Waals surface area contributed by atoms with E-state index in [1.807, 2.05) is 12.3 Å². The molecule has 1 fully saturated rings. The Labute approximate surface area is 116 Å². The first kappa shape index (κ1) is 14.3. The molecule has 1 N–H and O–H groups in total. The number of hydrogen-bond acceptors (Lipinski definition) is 4. The lowest BCUT2D eigenvalue weighted by molar-refractivity contribution is 0.0721. The zero-order valence-electron chi connectivity index (χ0n) is 12.1. The fourth-order valence-electron chi connectivity index (χ4n) is 2.49. The Bertz CT molecular complexity index is 377. The highest BCUT2D eigenvalue weighted by molar-refractivity contribution is 5.42. The van der Waals surface area contributed by atoms with Gasteiger partial charge >= 0.3 is 0 Å². The van der Waals surface area contributed by atoms with Crippen molar-refractivity contribution in [1.29, 1.82) is 0 Å². The molecule has 0 amide bonds. The van der Waals surface area contributed by atoms with E-state index in [9.17, 15) is 0 Å². The molecule has 4 heteroatoms. The molecular weight excluding hydrogens is 238 g/mol. The molecule has 0 bridgehead atoms. The quantitative estimate of drug-likeness (QED) is 0.820. The monoisotopic (exact) mass is 263 g/mol. The second kappa shape index (κ2) is 7.46. The third kappa shape index (κ3) is 4.48. The summed E-state index contributed by atoms with van der Waals surface area (Å²) in [6.07, 6.45) is 4.70. The molecule has 2 rings (SSSR count). The van der Waals surface area contributed by atoms with Gasteiger partial charge in [0.15, 0.2) is 0 Å². The molecule has 1 aromatic heterocycles. The Morgan fingerprint density at radius 2 is 2.37 bits per heavy atom. The van der Waals surface area contributed by atoms with Crippen LogP contribution in [0.25, 0.3) is 0 Å². The zero-order chi connectivity index (χ0) is 13.5. The molecule has 0 aliphatic carbocycles. The highest BCUT2D eigenvalue weighted by Crippen LogP contribution is 2.15. The molecule has 0 radical (unpaired) electrons. The van der Waals surface area contributed by atoms with E-state index in [0.29, 0.717) is 6.10 Å². The first-order valence-electron chi connectivity index (χ1n) is 7.34. The Hall–Kier alpha value is -1.13. The summed E-state index contributed by atoms with van der Waals surface area (Å²) in [5, 5.41) is 3.33. The average Bonchev–Trinajstić information content (AvgIpc) is 2.92. The van der Waals surface area contributed by atoms with Crippen LogP contribution in [-0.2, 0) is 11.3 Å². The Morgan fingerprint density at radius 3 is 3.05 bits per heavy atom. The van der Waals surface area contributed by atoms with E-state index >= 15 is 0 Å². The number of nitrogens with one attached hydrogen (secondary N) is 1. The largest absolute Gasteiger partial charge is 0.385 e. The van der Waals surface area contributed by atoms with Crippen LogP contribution < -0.4 is 5.32 Å². The van der Waals surface area contributed by atoms with E-state index < -0.39 is 0 Å². The van der Waals surface area contributed by atoms with Crippen LogP contribution in [0.1, 0.15) is 32.4 Å². The third-order valence-corrected chi connectivity index (χ3v) is 3.52. The van der Waals surface area contributed by atoms with Crippen LogP contribution in [-0.4, -0.2) is 42.2 Å². The molecule has 1 aliphatic heterocycles. The van der Waals surface area contributed by atoms with Gasteiger partial charge < -0.3 is 10.1 Å². The molecule has 1 aliphatic rings. The van der Waals surface area contributed by atoms with Crippen LogP contribution in [0, 0.1) is 0 Å². The van der Waals surface area contributed by atoms with Gasteiger partial charge in [0, 0.05) is 38.1 Å². The molecule has 19 heavy (non-hydrogen) atoms. The van der Waals surface area contributed by atoms with Crippen LogP contribution in [0.2, 0.25) is 0 Å². The predicted octanol–water partition coefficient (Wildman–Crippen LogP) is 2.51. The standard InChI is InChI=1S/C15H25N3O/c1-3-16-13-7-8-17-14(10-13)11-18(4-2)12-15-6-5-9-19-15/h7-8,10,15H,3-6,9,11-12H2,1-2H3,(H,16,17). The summed E-state index contributed by atoms with van der Waals surface area (Å²) in [6, 6.07) is 4.16. The minimum absolute atomic E-state index is 0.414. The number of rotatable bonds is 7. The molecule has 1 unspecified atom stereocenters. The van der Waals surface area contributed by atoms with Gasteiger partial charge in [0.25, 0.3) is 0 Å². The van der Waals surface area contributed by atoms with Gasteiger partial charge in [0.2, 0.25) is 0 Å². The number of nitrogens with zero attached hydrogens (tertiary/aromatic N) is 2. The van der Waals surface area contributed by atoms with E-state index in [-0.39, 0.29) is 0 Å². The molecule has 1 saturated heterocycles. The van der Waals surface area contributed by atoms with Gasteiger partial charge in [-0.2, -0.15) is 0 Å². The summed E-state index contributed by atoms with van der Waals surface area (Å²) in [5.41, 5.74) is 2.28. The zero-order valence-corrected chi connectivity index (χ0v) is 12.1. The van der Waals surface area contributed by atoms with Crippen molar-refractivity contribution in [2.45, 2.75) is 39.3 Å². The number of aromatic nitrogens is 1. The fourth-order valence-corrected chi connectivity index (χ4v) is 2.49. The normalized spacial score (nSPS) is 19.0. The van der Waals surface area contributed by atoms with Gasteiger partial charge in [-0.05, 0) is 38.4 Å². The molecule has 0 saturated carbocycles. The third-order valence-electron chi connectivity index (χ3n) is 3.52.